The maximum absolute atomic E-state index is 11.9. The second-order valence-electron chi connectivity index (χ2n) is 3.87. The van der Waals surface area contributed by atoms with Gasteiger partial charge >= 0.3 is 5.97 Å². The van der Waals surface area contributed by atoms with Gasteiger partial charge in [0.2, 0.25) is 0 Å². The summed E-state index contributed by atoms with van der Waals surface area (Å²) >= 11 is 3.26. The van der Waals surface area contributed by atoms with Crippen LogP contribution in [0.5, 0.6) is 0 Å². The van der Waals surface area contributed by atoms with Gasteiger partial charge in [0.1, 0.15) is 6.10 Å². The van der Waals surface area contributed by atoms with Gasteiger partial charge in [-0.25, -0.2) is 4.79 Å². The van der Waals surface area contributed by atoms with Gasteiger partial charge in [-0.1, -0.05) is 0 Å². The zero-order valence-corrected chi connectivity index (χ0v) is 10.9. The molecule has 2 atom stereocenters. The SMILES string of the molecule is O=C(O)C1CCC(C(=O)Nc2ccncc2Br)O1. The van der Waals surface area contributed by atoms with Crippen LogP contribution in [-0.4, -0.2) is 34.2 Å². The van der Waals surface area contributed by atoms with Crippen LogP contribution in [0.25, 0.3) is 0 Å². The van der Waals surface area contributed by atoms with Crippen molar-refractivity contribution in [1.29, 1.82) is 0 Å². The van der Waals surface area contributed by atoms with Crippen LogP contribution in [0.15, 0.2) is 22.9 Å². The number of halogens is 1. The molecule has 6 nitrogen and oxygen atoms in total. The Hall–Kier alpha value is -1.47. The van der Waals surface area contributed by atoms with Gasteiger partial charge in [-0.2, -0.15) is 0 Å². The van der Waals surface area contributed by atoms with E-state index in [-0.39, 0.29) is 5.91 Å². The van der Waals surface area contributed by atoms with Crippen LogP contribution in [0, 0.1) is 0 Å². The van der Waals surface area contributed by atoms with E-state index in [9.17, 15) is 9.59 Å². The fourth-order valence-electron chi connectivity index (χ4n) is 1.70. The third-order valence-electron chi connectivity index (χ3n) is 2.62. The molecule has 0 radical (unpaired) electrons. The molecule has 7 heteroatoms. The lowest BCUT2D eigenvalue weighted by atomic mass is 10.2. The highest BCUT2D eigenvalue weighted by Gasteiger charge is 2.34. The minimum atomic E-state index is -1.03. The Balaban J connectivity index is 1.98. The largest absolute Gasteiger partial charge is 0.479 e. The van der Waals surface area contributed by atoms with Crippen molar-refractivity contribution in [2.45, 2.75) is 25.0 Å². The van der Waals surface area contributed by atoms with Crippen LogP contribution in [0.2, 0.25) is 0 Å². The molecule has 1 aliphatic heterocycles. The van der Waals surface area contributed by atoms with Gasteiger partial charge in [0.05, 0.1) is 10.2 Å². The quantitative estimate of drug-likeness (QED) is 0.880. The Bertz CT molecular complexity index is 480. The van der Waals surface area contributed by atoms with E-state index in [0.29, 0.717) is 23.0 Å². The molecule has 18 heavy (non-hydrogen) atoms. The fraction of sp³-hybridized carbons (Fsp3) is 0.364. The number of carbonyl (C=O) groups excluding carboxylic acids is 1. The minimum absolute atomic E-state index is 0.342. The van der Waals surface area contributed by atoms with Gasteiger partial charge in [-0.15, -0.1) is 0 Å². The topological polar surface area (TPSA) is 88.5 Å². The Morgan fingerprint density at radius 2 is 2.17 bits per heavy atom. The molecule has 0 aliphatic carbocycles. The number of ether oxygens (including phenoxy) is 1. The molecule has 1 aromatic rings. The van der Waals surface area contributed by atoms with Crippen LogP contribution in [0.1, 0.15) is 12.8 Å². The Labute approximate surface area is 111 Å². The number of amides is 1. The molecule has 96 valence electrons. The van der Waals surface area contributed by atoms with Gasteiger partial charge in [0, 0.05) is 12.4 Å². The summed E-state index contributed by atoms with van der Waals surface area (Å²) in [5, 5.41) is 11.4. The van der Waals surface area contributed by atoms with Crippen LogP contribution >= 0.6 is 15.9 Å². The van der Waals surface area contributed by atoms with Crippen molar-refractivity contribution in [2.24, 2.45) is 0 Å². The molecule has 2 rings (SSSR count). The van der Waals surface area contributed by atoms with E-state index in [1.165, 1.54) is 0 Å². The zero-order valence-electron chi connectivity index (χ0n) is 9.30. The van der Waals surface area contributed by atoms with Gasteiger partial charge in [-0.05, 0) is 34.8 Å². The molecule has 0 spiro atoms. The lowest BCUT2D eigenvalue weighted by Crippen LogP contribution is -2.30. The first-order valence-corrected chi connectivity index (χ1v) is 6.16. The van der Waals surface area contributed by atoms with Gasteiger partial charge in [-0.3, -0.25) is 9.78 Å². The van der Waals surface area contributed by atoms with E-state index in [1.807, 2.05) is 0 Å². The first-order chi connectivity index (χ1) is 8.58. The number of carbonyl (C=O) groups is 2. The normalized spacial score (nSPS) is 22.7. The Kier molecular flexibility index (Phi) is 3.93. The second kappa shape index (κ2) is 5.45. The third-order valence-corrected chi connectivity index (χ3v) is 3.25. The summed E-state index contributed by atoms with van der Waals surface area (Å²) in [5.41, 5.74) is 0.581. The number of aliphatic carboxylic acids is 1. The van der Waals surface area contributed by atoms with Crippen molar-refractivity contribution < 1.29 is 19.4 Å². The molecule has 0 bridgehead atoms. The average molecular weight is 315 g/mol. The highest BCUT2D eigenvalue weighted by molar-refractivity contribution is 9.10. The molecule has 2 heterocycles. The van der Waals surface area contributed by atoms with Crippen LogP contribution in [0.3, 0.4) is 0 Å². The average Bonchev–Trinajstić information content (AvgIpc) is 2.81. The number of hydrogen-bond acceptors (Lipinski definition) is 4. The lowest BCUT2D eigenvalue weighted by Gasteiger charge is -2.12. The predicted molar refractivity (Wildman–Crippen MR) is 66.1 cm³/mol. The predicted octanol–water partition coefficient (Wildman–Crippen LogP) is 1.41. The molecule has 1 amide bonds. The number of nitrogens with zero attached hydrogens (tertiary/aromatic N) is 1. The lowest BCUT2D eigenvalue weighted by molar-refractivity contribution is -0.150. The molecule has 2 N–H and O–H groups in total. The van der Waals surface area contributed by atoms with Crippen molar-refractivity contribution in [2.75, 3.05) is 5.32 Å². The van der Waals surface area contributed by atoms with Crippen molar-refractivity contribution in [3.05, 3.63) is 22.9 Å². The number of anilines is 1. The van der Waals surface area contributed by atoms with Crippen molar-refractivity contribution in [3.63, 3.8) is 0 Å². The van der Waals surface area contributed by atoms with Crippen molar-refractivity contribution >= 4 is 33.5 Å². The van der Waals surface area contributed by atoms with E-state index in [2.05, 4.69) is 26.2 Å². The van der Waals surface area contributed by atoms with Crippen molar-refractivity contribution in [3.8, 4) is 0 Å². The summed E-state index contributed by atoms with van der Waals surface area (Å²) in [4.78, 5) is 26.5. The maximum Gasteiger partial charge on any atom is 0.332 e. The van der Waals surface area contributed by atoms with E-state index < -0.39 is 18.2 Å². The molecule has 0 aromatic carbocycles. The standard InChI is InChI=1S/C11H11BrN2O4/c12-6-5-13-4-3-7(6)14-10(15)8-1-2-9(18-8)11(16)17/h3-5,8-9H,1-2H2,(H,16,17)(H,13,14,15). The molecule has 0 saturated carbocycles. The van der Waals surface area contributed by atoms with Crippen LogP contribution in [0.4, 0.5) is 5.69 Å². The van der Waals surface area contributed by atoms with Gasteiger partial charge < -0.3 is 15.2 Å². The number of carboxylic acids is 1. The summed E-state index contributed by atoms with van der Waals surface area (Å²) in [6, 6.07) is 1.64. The van der Waals surface area contributed by atoms with Crippen molar-refractivity contribution in [1.82, 2.24) is 4.98 Å². The van der Waals surface area contributed by atoms with E-state index in [1.54, 1.807) is 18.5 Å². The van der Waals surface area contributed by atoms with Gasteiger partial charge in [0.25, 0.3) is 5.91 Å². The number of hydrogen-bond donors (Lipinski definition) is 2. The summed E-state index contributed by atoms with van der Waals surface area (Å²) in [7, 11) is 0. The van der Waals surface area contributed by atoms with Crippen LogP contribution < -0.4 is 5.32 Å². The number of rotatable bonds is 3. The van der Waals surface area contributed by atoms with E-state index >= 15 is 0 Å². The molecule has 1 fully saturated rings. The monoisotopic (exact) mass is 314 g/mol. The zero-order chi connectivity index (χ0) is 13.1. The molecule has 1 saturated heterocycles. The number of aromatic nitrogens is 1. The summed E-state index contributed by atoms with van der Waals surface area (Å²) < 4.78 is 5.81. The molecule has 1 aliphatic rings. The third kappa shape index (κ3) is 2.85. The Morgan fingerprint density at radius 3 is 2.78 bits per heavy atom. The molecular formula is C11H11BrN2O4. The molecular weight excluding hydrogens is 304 g/mol. The number of nitrogens with one attached hydrogen (secondary N) is 1. The molecule has 2 unspecified atom stereocenters. The number of carboxylic acid groups (broad SMARTS) is 1. The van der Waals surface area contributed by atoms with E-state index in [0.717, 1.165) is 0 Å². The first kappa shape index (κ1) is 13.0. The summed E-state index contributed by atoms with van der Waals surface area (Å²) in [6.07, 6.45) is 2.27. The van der Waals surface area contributed by atoms with Gasteiger partial charge in [0.15, 0.2) is 6.10 Å². The molecule has 1 aromatic heterocycles. The number of pyridine rings is 1. The Morgan fingerprint density at radius 1 is 1.44 bits per heavy atom. The smallest absolute Gasteiger partial charge is 0.332 e. The first-order valence-electron chi connectivity index (χ1n) is 5.36. The highest BCUT2D eigenvalue weighted by Crippen LogP contribution is 2.24. The second-order valence-corrected chi connectivity index (χ2v) is 4.73. The minimum Gasteiger partial charge on any atom is -0.479 e. The van der Waals surface area contributed by atoms with Crippen LogP contribution in [-0.2, 0) is 14.3 Å². The highest BCUT2D eigenvalue weighted by atomic mass is 79.9. The van der Waals surface area contributed by atoms with E-state index in [4.69, 9.17) is 9.84 Å². The fourth-order valence-corrected chi connectivity index (χ4v) is 2.05. The maximum atomic E-state index is 11.9. The summed E-state index contributed by atoms with van der Waals surface area (Å²) in [6.45, 7) is 0. The summed E-state index contributed by atoms with van der Waals surface area (Å²) in [5.74, 6) is -1.37.